The van der Waals surface area contributed by atoms with Crippen molar-refractivity contribution in [2.75, 3.05) is 39.4 Å². The summed E-state index contributed by atoms with van der Waals surface area (Å²) >= 11 is 0. The van der Waals surface area contributed by atoms with Gasteiger partial charge in [0.2, 0.25) is 0 Å². The van der Waals surface area contributed by atoms with E-state index in [1.165, 1.54) is 16.7 Å². The molecule has 1 aromatic rings. The van der Waals surface area contributed by atoms with Gasteiger partial charge in [0.25, 0.3) is 0 Å². The molecule has 0 spiro atoms. The highest BCUT2D eigenvalue weighted by Gasteiger charge is 2.16. The van der Waals surface area contributed by atoms with Gasteiger partial charge in [-0.05, 0) is 45.0 Å². The van der Waals surface area contributed by atoms with Crippen LogP contribution in [0.5, 0.6) is 0 Å². The van der Waals surface area contributed by atoms with Gasteiger partial charge in [0.1, 0.15) is 0 Å². The van der Waals surface area contributed by atoms with Crippen LogP contribution in [0.1, 0.15) is 43.5 Å². The van der Waals surface area contributed by atoms with Crippen molar-refractivity contribution >= 4 is 0 Å². The predicted octanol–water partition coefficient (Wildman–Crippen LogP) is 3.31. The summed E-state index contributed by atoms with van der Waals surface area (Å²) in [5.41, 5.74) is 4.12. The molecule has 0 aromatic heterocycles. The molecule has 1 unspecified atom stereocenters. The molecule has 3 heteroatoms. The molecule has 0 radical (unpaired) electrons. The van der Waals surface area contributed by atoms with Crippen LogP contribution in [0.15, 0.2) is 18.2 Å². The van der Waals surface area contributed by atoms with E-state index in [0.717, 1.165) is 39.4 Å². The number of hydrogen-bond donors (Lipinski definition) is 1. The highest BCUT2D eigenvalue weighted by Crippen LogP contribution is 2.20. The van der Waals surface area contributed by atoms with Gasteiger partial charge in [-0.15, -0.1) is 0 Å². The van der Waals surface area contributed by atoms with E-state index in [1.807, 2.05) is 6.92 Å². The molecule has 1 aromatic carbocycles. The zero-order valence-electron chi connectivity index (χ0n) is 14.4. The summed E-state index contributed by atoms with van der Waals surface area (Å²) in [5, 5.41) is 3.63. The first-order chi connectivity index (χ1) is 10.1. The molecule has 0 aliphatic rings. The van der Waals surface area contributed by atoms with Crippen LogP contribution in [-0.4, -0.2) is 44.3 Å². The third-order valence-corrected chi connectivity index (χ3v) is 3.90. The Hall–Kier alpha value is -0.900. The zero-order chi connectivity index (χ0) is 15.7. The number of nitrogens with one attached hydrogen (secondary N) is 1. The molecular formula is C18H32N2O. The first-order valence-corrected chi connectivity index (χ1v) is 8.22. The second-order valence-electron chi connectivity index (χ2n) is 5.56. The van der Waals surface area contributed by atoms with Crippen LogP contribution in [0.4, 0.5) is 0 Å². The van der Waals surface area contributed by atoms with Crippen molar-refractivity contribution in [3.63, 3.8) is 0 Å². The van der Waals surface area contributed by atoms with Gasteiger partial charge in [-0.1, -0.05) is 37.6 Å². The summed E-state index contributed by atoms with van der Waals surface area (Å²) < 4.78 is 5.49. The minimum Gasteiger partial charge on any atom is -0.380 e. The SMILES string of the molecule is CCNC(CN(CC)CCOCC)c1ccc(C)cc1C. The Labute approximate surface area is 130 Å². The summed E-state index contributed by atoms with van der Waals surface area (Å²) in [6.45, 7) is 16.5. The van der Waals surface area contributed by atoms with Gasteiger partial charge in [-0.3, -0.25) is 4.90 Å². The topological polar surface area (TPSA) is 24.5 Å². The Morgan fingerprint density at radius 2 is 1.95 bits per heavy atom. The van der Waals surface area contributed by atoms with Gasteiger partial charge in [-0.25, -0.2) is 0 Å². The Morgan fingerprint density at radius 1 is 1.19 bits per heavy atom. The van der Waals surface area contributed by atoms with E-state index in [4.69, 9.17) is 4.74 Å². The van der Waals surface area contributed by atoms with Crippen molar-refractivity contribution in [3.8, 4) is 0 Å². The van der Waals surface area contributed by atoms with E-state index in [2.05, 4.69) is 56.1 Å². The van der Waals surface area contributed by atoms with E-state index >= 15 is 0 Å². The second kappa shape index (κ2) is 9.93. The summed E-state index contributed by atoms with van der Waals surface area (Å²) in [6.07, 6.45) is 0. The standard InChI is InChI=1S/C18H32N2O/c1-6-19-18(14-20(7-2)11-12-21-8-3)17-10-9-15(4)13-16(17)5/h9-10,13,18-19H,6-8,11-12,14H2,1-5H3. The molecule has 1 atom stereocenters. The molecule has 120 valence electrons. The van der Waals surface area contributed by atoms with Crippen molar-refractivity contribution in [2.45, 2.75) is 40.7 Å². The maximum atomic E-state index is 5.49. The van der Waals surface area contributed by atoms with E-state index in [-0.39, 0.29) is 0 Å². The molecule has 1 N–H and O–H groups in total. The van der Waals surface area contributed by atoms with Crippen LogP contribution < -0.4 is 5.32 Å². The van der Waals surface area contributed by atoms with E-state index in [9.17, 15) is 0 Å². The summed E-state index contributed by atoms with van der Waals surface area (Å²) in [6, 6.07) is 7.14. The average molecular weight is 292 g/mol. The van der Waals surface area contributed by atoms with Crippen molar-refractivity contribution in [3.05, 3.63) is 34.9 Å². The van der Waals surface area contributed by atoms with Gasteiger partial charge in [0.15, 0.2) is 0 Å². The molecule has 0 heterocycles. The van der Waals surface area contributed by atoms with Crippen LogP contribution in [0.3, 0.4) is 0 Å². The molecule has 0 saturated heterocycles. The Balaban J connectivity index is 2.75. The highest BCUT2D eigenvalue weighted by atomic mass is 16.5. The minimum absolute atomic E-state index is 0.386. The maximum Gasteiger partial charge on any atom is 0.0593 e. The number of hydrogen-bond acceptors (Lipinski definition) is 3. The molecule has 0 aliphatic heterocycles. The molecule has 0 bridgehead atoms. The molecule has 21 heavy (non-hydrogen) atoms. The van der Waals surface area contributed by atoms with Crippen LogP contribution in [0, 0.1) is 13.8 Å². The third kappa shape index (κ3) is 6.16. The van der Waals surface area contributed by atoms with Crippen LogP contribution >= 0.6 is 0 Å². The van der Waals surface area contributed by atoms with Crippen LogP contribution in [0.2, 0.25) is 0 Å². The third-order valence-electron chi connectivity index (χ3n) is 3.90. The van der Waals surface area contributed by atoms with Gasteiger partial charge < -0.3 is 10.1 Å². The average Bonchev–Trinajstić information content (AvgIpc) is 2.46. The molecular weight excluding hydrogens is 260 g/mol. The number of rotatable bonds is 10. The molecule has 0 aliphatic carbocycles. The van der Waals surface area contributed by atoms with Crippen molar-refractivity contribution in [1.29, 1.82) is 0 Å². The van der Waals surface area contributed by atoms with Crippen molar-refractivity contribution in [1.82, 2.24) is 10.2 Å². The number of likely N-dealkylation sites (N-methyl/N-ethyl adjacent to an activating group) is 2. The lowest BCUT2D eigenvalue weighted by Gasteiger charge is -2.28. The molecule has 3 nitrogen and oxygen atoms in total. The molecule has 0 fully saturated rings. The fourth-order valence-electron chi connectivity index (χ4n) is 2.71. The Bertz CT molecular complexity index is 406. The van der Waals surface area contributed by atoms with Crippen LogP contribution in [0.25, 0.3) is 0 Å². The first kappa shape index (κ1) is 18.1. The molecule has 0 amide bonds. The normalized spacial score (nSPS) is 12.9. The van der Waals surface area contributed by atoms with Gasteiger partial charge in [0.05, 0.1) is 6.61 Å². The quantitative estimate of drug-likeness (QED) is 0.670. The van der Waals surface area contributed by atoms with Crippen LogP contribution in [-0.2, 0) is 4.74 Å². The summed E-state index contributed by atoms with van der Waals surface area (Å²) in [7, 11) is 0. The predicted molar refractivity (Wildman–Crippen MR) is 90.9 cm³/mol. The highest BCUT2D eigenvalue weighted by molar-refractivity contribution is 5.33. The molecule has 1 rings (SSSR count). The Morgan fingerprint density at radius 3 is 2.52 bits per heavy atom. The zero-order valence-corrected chi connectivity index (χ0v) is 14.4. The first-order valence-electron chi connectivity index (χ1n) is 8.22. The molecule has 0 saturated carbocycles. The maximum absolute atomic E-state index is 5.49. The smallest absolute Gasteiger partial charge is 0.0593 e. The lowest BCUT2D eigenvalue weighted by atomic mass is 9.98. The lowest BCUT2D eigenvalue weighted by Crippen LogP contribution is -2.37. The summed E-state index contributed by atoms with van der Waals surface area (Å²) in [4.78, 5) is 2.46. The van der Waals surface area contributed by atoms with E-state index in [0.29, 0.717) is 6.04 Å². The fraction of sp³-hybridized carbons (Fsp3) is 0.667. The largest absolute Gasteiger partial charge is 0.380 e. The van der Waals surface area contributed by atoms with Gasteiger partial charge >= 0.3 is 0 Å². The fourth-order valence-corrected chi connectivity index (χ4v) is 2.71. The summed E-state index contributed by atoms with van der Waals surface area (Å²) in [5.74, 6) is 0. The number of nitrogens with zero attached hydrogens (tertiary/aromatic N) is 1. The van der Waals surface area contributed by atoms with Crippen molar-refractivity contribution in [2.24, 2.45) is 0 Å². The minimum atomic E-state index is 0.386. The van der Waals surface area contributed by atoms with Crippen molar-refractivity contribution < 1.29 is 4.74 Å². The Kier molecular flexibility index (Phi) is 8.58. The van der Waals surface area contributed by atoms with E-state index < -0.39 is 0 Å². The number of aryl methyl sites for hydroxylation is 2. The second-order valence-corrected chi connectivity index (χ2v) is 5.56. The van der Waals surface area contributed by atoms with Gasteiger partial charge in [-0.2, -0.15) is 0 Å². The monoisotopic (exact) mass is 292 g/mol. The lowest BCUT2D eigenvalue weighted by molar-refractivity contribution is 0.111. The van der Waals surface area contributed by atoms with E-state index in [1.54, 1.807) is 0 Å². The van der Waals surface area contributed by atoms with Gasteiger partial charge in [0, 0.05) is 25.7 Å². The number of ether oxygens (including phenoxy) is 1. The number of benzene rings is 1.